The summed E-state index contributed by atoms with van der Waals surface area (Å²) in [6, 6.07) is 8.05. The van der Waals surface area contributed by atoms with Crippen molar-refractivity contribution in [2.75, 3.05) is 13.1 Å². The van der Waals surface area contributed by atoms with Gasteiger partial charge in [0.25, 0.3) is 0 Å². The zero-order valence-electron chi connectivity index (χ0n) is 15.2. The summed E-state index contributed by atoms with van der Waals surface area (Å²) >= 11 is 0. The number of rotatable bonds is 4. The van der Waals surface area contributed by atoms with Gasteiger partial charge < -0.3 is 15.2 Å². The van der Waals surface area contributed by atoms with Crippen molar-refractivity contribution >= 4 is 22.8 Å². The number of nitrogens with one attached hydrogen (secondary N) is 2. The number of piperidine rings is 1. The van der Waals surface area contributed by atoms with E-state index in [0.717, 1.165) is 42.5 Å². The molecule has 4 rings (SSSR count). The van der Waals surface area contributed by atoms with Crippen LogP contribution in [0.4, 0.5) is 0 Å². The van der Waals surface area contributed by atoms with Gasteiger partial charge in [-0.05, 0) is 30.9 Å². The third-order valence-electron chi connectivity index (χ3n) is 6.03. The molecule has 0 spiro atoms. The van der Waals surface area contributed by atoms with Crippen molar-refractivity contribution in [2.45, 2.75) is 32.1 Å². The Labute approximate surface area is 153 Å². The van der Waals surface area contributed by atoms with Gasteiger partial charge in [0.15, 0.2) is 0 Å². The fourth-order valence-corrected chi connectivity index (χ4v) is 4.59. The number of amides is 2. The zero-order valence-corrected chi connectivity index (χ0v) is 15.2. The third-order valence-corrected chi connectivity index (χ3v) is 6.03. The highest BCUT2D eigenvalue weighted by Crippen LogP contribution is 2.37. The van der Waals surface area contributed by atoms with E-state index in [9.17, 15) is 9.59 Å². The van der Waals surface area contributed by atoms with Crippen molar-refractivity contribution in [3.63, 3.8) is 0 Å². The second kappa shape index (κ2) is 7.09. The number of fused-ring (bicyclic) bond motifs is 2. The number of carbonyl (C=O) groups is 2. The van der Waals surface area contributed by atoms with Crippen LogP contribution in [0.15, 0.2) is 24.3 Å². The average molecular weight is 354 g/mol. The molecular weight excluding hydrogens is 328 g/mol. The SMILES string of the molecule is Cn1c(CCNC(=O)C2CNC(=O)C3CCCCC32)nc2ccccc21. The fourth-order valence-electron chi connectivity index (χ4n) is 4.59. The van der Waals surface area contributed by atoms with E-state index in [1.165, 1.54) is 0 Å². The molecule has 2 aromatic rings. The van der Waals surface area contributed by atoms with Crippen LogP contribution in [-0.4, -0.2) is 34.5 Å². The van der Waals surface area contributed by atoms with Gasteiger partial charge in [-0.2, -0.15) is 0 Å². The number of para-hydroxylation sites is 2. The molecule has 1 aliphatic carbocycles. The Balaban J connectivity index is 1.37. The van der Waals surface area contributed by atoms with Crippen molar-refractivity contribution in [3.05, 3.63) is 30.1 Å². The molecular formula is C20H26N4O2. The molecule has 3 atom stereocenters. The van der Waals surface area contributed by atoms with E-state index < -0.39 is 0 Å². The smallest absolute Gasteiger partial charge is 0.225 e. The first kappa shape index (κ1) is 17.1. The zero-order chi connectivity index (χ0) is 18.1. The Hall–Kier alpha value is -2.37. The van der Waals surface area contributed by atoms with Crippen LogP contribution in [0.2, 0.25) is 0 Å². The van der Waals surface area contributed by atoms with Crippen LogP contribution in [0.5, 0.6) is 0 Å². The molecule has 1 aliphatic heterocycles. The van der Waals surface area contributed by atoms with Crippen molar-refractivity contribution in [2.24, 2.45) is 24.8 Å². The third kappa shape index (κ3) is 3.08. The summed E-state index contributed by atoms with van der Waals surface area (Å²) in [6.45, 7) is 1.04. The monoisotopic (exact) mass is 354 g/mol. The Morgan fingerprint density at radius 2 is 2.12 bits per heavy atom. The number of imidazole rings is 1. The topological polar surface area (TPSA) is 76.0 Å². The summed E-state index contributed by atoms with van der Waals surface area (Å²) in [4.78, 5) is 29.4. The first-order chi connectivity index (χ1) is 12.6. The van der Waals surface area contributed by atoms with Crippen molar-refractivity contribution in [1.29, 1.82) is 0 Å². The molecule has 1 saturated heterocycles. The van der Waals surface area contributed by atoms with E-state index in [0.29, 0.717) is 19.5 Å². The minimum Gasteiger partial charge on any atom is -0.355 e. The van der Waals surface area contributed by atoms with E-state index in [-0.39, 0.29) is 29.6 Å². The largest absolute Gasteiger partial charge is 0.355 e. The second-order valence-corrected chi connectivity index (χ2v) is 7.52. The van der Waals surface area contributed by atoms with Crippen LogP contribution >= 0.6 is 0 Å². The minimum absolute atomic E-state index is 0.0214. The maximum Gasteiger partial charge on any atom is 0.225 e. The predicted octanol–water partition coefficient (Wildman–Crippen LogP) is 1.78. The molecule has 2 N–H and O–H groups in total. The summed E-state index contributed by atoms with van der Waals surface area (Å²) < 4.78 is 2.08. The molecule has 1 aromatic carbocycles. The van der Waals surface area contributed by atoms with Gasteiger partial charge in [-0.3, -0.25) is 9.59 Å². The summed E-state index contributed by atoms with van der Waals surface area (Å²) in [5, 5.41) is 6.01. The van der Waals surface area contributed by atoms with Crippen molar-refractivity contribution in [3.8, 4) is 0 Å². The van der Waals surface area contributed by atoms with Gasteiger partial charge in [0.2, 0.25) is 11.8 Å². The molecule has 0 radical (unpaired) electrons. The number of carbonyl (C=O) groups excluding carboxylic acids is 2. The van der Waals surface area contributed by atoms with Crippen LogP contribution in [0.1, 0.15) is 31.5 Å². The van der Waals surface area contributed by atoms with Crippen LogP contribution in [-0.2, 0) is 23.1 Å². The average Bonchev–Trinajstić information content (AvgIpc) is 2.98. The highest BCUT2D eigenvalue weighted by molar-refractivity contribution is 5.85. The molecule has 2 fully saturated rings. The van der Waals surface area contributed by atoms with Gasteiger partial charge in [0.1, 0.15) is 5.82 Å². The number of hydrogen-bond acceptors (Lipinski definition) is 3. The molecule has 2 amide bonds. The van der Waals surface area contributed by atoms with Crippen LogP contribution in [0.3, 0.4) is 0 Å². The van der Waals surface area contributed by atoms with E-state index in [1.54, 1.807) is 0 Å². The number of nitrogens with zero attached hydrogens (tertiary/aromatic N) is 2. The highest BCUT2D eigenvalue weighted by Gasteiger charge is 2.42. The Morgan fingerprint density at radius 1 is 1.31 bits per heavy atom. The Kier molecular flexibility index (Phi) is 4.66. The van der Waals surface area contributed by atoms with E-state index in [1.807, 2.05) is 25.2 Å². The number of hydrogen-bond donors (Lipinski definition) is 2. The molecule has 138 valence electrons. The normalized spacial score (nSPS) is 25.6. The lowest BCUT2D eigenvalue weighted by Gasteiger charge is -2.39. The Bertz CT molecular complexity index is 828. The lowest BCUT2D eigenvalue weighted by molar-refractivity contribution is -0.138. The van der Waals surface area contributed by atoms with Gasteiger partial charge in [-0.25, -0.2) is 4.98 Å². The maximum absolute atomic E-state index is 12.7. The molecule has 1 aromatic heterocycles. The molecule has 26 heavy (non-hydrogen) atoms. The van der Waals surface area contributed by atoms with Gasteiger partial charge in [0.05, 0.1) is 17.0 Å². The molecule has 2 heterocycles. The van der Waals surface area contributed by atoms with E-state index in [4.69, 9.17) is 0 Å². The van der Waals surface area contributed by atoms with Gasteiger partial charge in [0, 0.05) is 32.5 Å². The standard InChI is InChI=1S/C20H26N4O2/c1-24-17-9-5-4-8-16(17)23-18(24)10-11-21-20(26)15-12-22-19(25)14-7-3-2-6-13(14)15/h4-5,8-9,13-15H,2-3,6-7,10-12H2,1H3,(H,21,26)(H,22,25). The van der Waals surface area contributed by atoms with Crippen molar-refractivity contribution < 1.29 is 9.59 Å². The van der Waals surface area contributed by atoms with Gasteiger partial charge in [-0.1, -0.05) is 25.0 Å². The molecule has 6 heteroatoms. The molecule has 6 nitrogen and oxygen atoms in total. The molecule has 1 saturated carbocycles. The predicted molar refractivity (Wildman–Crippen MR) is 99.4 cm³/mol. The molecule has 2 aliphatic rings. The lowest BCUT2D eigenvalue weighted by Crippen LogP contribution is -2.53. The first-order valence-corrected chi connectivity index (χ1v) is 9.61. The quantitative estimate of drug-likeness (QED) is 0.879. The fraction of sp³-hybridized carbons (Fsp3) is 0.550. The van der Waals surface area contributed by atoms with Crippen LogP contribution in [0.25, 0.3) is 11.0 Å². The van der Waals surface area contributed by atoms with Crippen LogP contribution in [0, 0.1) is 17.8 Å². The Morgan fingerprint density at radius 3 is 2.96 bits per heavy atom. The van der Waals surface area contributed by atoms with E-state index in [2.05, 4.69) is 26.3 Å². The number of aryl methyl sites for hydroxylation is 1. The van der Waals surface area contributed by atoms with E-state index >= 15 is 0 Å². The van der Waals surface area contributed by atoms with Crippen molar-refractivity contribution in [1.82, 2.24) is 20.2 Å². The summed E-state index contributed by atoms with van der Waals surface area (Å²) in [6.07, 6.45) is 4.82. The van der Waals surface area contributed by atoms with Gasteiger partial charge >= 0.3 is 0 Å². The first-order valence-electron chi connectivity index (χ1n) is 9.61. The van der Waals surface area contributed by atoms with Crippen LogP contribution < -0.4 is 10.6 Å². The number of benzene rings is 1. The minimum atomic E-state index is -0.0987. The summed E-state index contributed by atoms with van der Waals surface area (Å²) in [5.74, 6) is 1.30. The highest BCUT2D eigenvalue weighted by atomic mass is 16.2. The maximum atomic E-state index is 12.7. The summed E-state index contributed by atoms with van der Waals surface area (Å²) in [7, 11) is 2.01. The van der Waals surface area contributed by atoms with Gasteiger partial charge in [-0.15, -0.1) is 0 Å². The lowest BCUT2D eigenvalue weighted by atomic mass is 9.69. The second-order valence-electron chi connectivity index (χ2n) is 7.52. The number of aromatic nitrogens is 2. The molecule has 0 bridgehead atoms. The summed E-state index contributed by atoms with van der Waals surface area (Å²) in [5.41, 5.74) is 2.09. The molecule has 3 unspecified atom stereocenters.